The van der Waals surface area contributed by atoms with Crippen molar-refractivity contribution in [1.29, 1.82) is 0 Å². The quantitative estimate of drug-likeness (QED) is 0.731. The first-order chi connectivity index (χ1) is 7.74. The number of anilines is 1. The molecule has 0 aliphatic rings. The highest BCUT2D eigenvalue weighted by Crippen LogP contribution is 2.22. The number of rotatable bonds is 1. The van der Waals surface area contributed by atoms with Crippen LogP contribution in [0.15, 0.2) is 18.2 Å². The molecule has 0 saturated heterocycles. The normalized spacial score (nSPS) is 9.62. The Bertz CT molecular complexity index is 596. The molecule has 4 nitrogen and oxygen atoms in total. The number of fused-ring (bicyclic) bond motifs is 1. The van der Waals surface area contributed by atoms with E-state index < -0.39 is 0 Å². The fraction of sp³-hybridized carbons (Fsp3) is 0.167. The Hall–Kier alpha value is -2.28. The van der Waals surface area contributed by atoms with Crippen LogP contribution in [0.25, 0.3) is 10.9 Å². The molecule has 1 aromatic heterocycles. The van der Waals surface area contributed by atoms with Gasteiger partial charge in [0.1, 0.15) is 11.6 Å². The van der Waals surface area contributed by atoms with Gasteiger partial charge >= 0.3 is 0 Å². The molecule has 0 radical (unpaired) electrons. The highest BCUT2D eigenvalue weighted by atomic mass is 16.5. The Balaban J connectivity index is 2.70. The standard InChI is InChI=1S/C12H11N3O/c1-3-4-11-14-10-7-8(16-2)5-6-9(10)12(13)15-11/h5-7H,1-2H3,(H2,13,14,15). The molecule has 2 N–H and O–H groups in total. The van der Waals surface area contributed by atoms with E-state index in [0.29, 0.717) is 11.6 Å². The van der Waals surface area contributed by atoms with Gasteiger partial charge in [0, 0.05) is 11.5 Å². The van der Waals surface area contributed by atoms with Crippen molar-refractivity contribution in [3.63, 3.8) is 0 Å². The van der Waals surface area contributed by atoms with E-state index >= 15 is 0 Å². The number of methoxy groups -OCH3 is 1. The van der Waals surface area contributed by atoms with Gasteiger partial charge in [0.15, 0.2) is 0 Å². The van der Waals surface area contributed by atoms with Gasteiger partial charge in [-0.1, -0.05) is 5.92 Å². The second-order valence-electron chi connectivity index (χ2n) is 3.19. The van der Waals surface area contributed by atoms with Crippen LogP contribution in [0.4, 0.5) is 5.82 Å². The monoisotopic (exact) mass is 213 g/mol. The molecule has 1 aromatic carbocycles. The lowest BCUT2D eigenvalue weighted by atomic mass is 10.2. The number of nitrogens with two attached hydrogens (primary N) is 1. The van der Waals surface area contributed by atoms with E-state index in [1.54, 1.807) is 14.0 Å². The predicted molar refractivity (Wildman–Crippen MR) is 63.1 cm³/mol. The summed E-state index contributed by atoms with van der Waals surface area (Å²) in [7, 11) is 1.61. The molecule has 0 fully saturated rings. The summed E-state index contributed by atoms with van der Waals surface area (Å²) in [5, 5.41) is 0.808. The second kappa shape index (κ2) is 4.07. The van der Waals surface area contributed by atoms with E-state index in [9.17, 15) is 0 Å². The Morgan fingerprint density at radius 2 is 2.12 bits per heavy atom. The molecule has 4 heteroatoms. The van der Waals surface area contributed by atoms with Gasteiger partial charge in [0.25, 0.3) is 0 Å². The summed E-state index contributed by atoms with van der Waals surface area (Å²) < 4.78 is 5.12. The van der Waals surface area contributed by atoms with E-state index in [-0.39, 0.29) is 0 Å². The molecule has 0 unspecified atom stereocenters. The van der Waals surface area contributed by atoms with Crippen molar-refractivity contribution in [1.82, 2.24) is 9.97 Å². The van der Waals surface area contributed by atoms with Gasteiger partial charge < -0.3 is 10.5 Å². The number of nitrogens with zero attached hydrogens (tertiary/aromatic N) is 2. The highest BCUT2D eigenvalue weighted by molar-refractivity contribution is 5.89. The maximum absolute atomic E-state index is 5.82. The molecule has 80 valence electrons. The third-order valence-electron chi connectivity index (χ3n) is 2.17. The largest absolute Gasteiger partial charge is 0.497 e. The molecule has 2 rings (SSSR count). The van der Waals surface area contributed by atoms with Crippen molar-refractivity contribution in [2.75, 3.05) is 12.8 Å². The van der Waals surface area contributed by atoms with Gasteiger partial charge in [-0.25, -0.2) is 9.97 Å². The van der Waals surface area contributed by atoms with E-state index in [1.807, 2.05) is 18.2 Å². The molecule has 16 heavy (non-hydrogen) atoms. The number of hydrogen-bond donors (Lipinski definition) is 1. The molecular weight excluding hydrogens is 202 g/mol. The minimum atomic E-state index is 0.431. The van der Waals surface area contributed by atoms with Crippen molar-refractivity contribution >= 4 is 16.7 Å². The topological polar surface area (TPSA) is 61.0 Å². The van der Waals surface area contributed by atoms with E-state index in [1.165, 1.54) is 0 Å². The summed E-state index contributed by atoms with van der Waals surface area (Å²) in [5.74, 6) is 7.13. The van der Waals surface area contributed by atoms with E-state index in [2.05, 4.69) is 21.8 Å². The molecule has 2 aromatic rings. The lowest BCUT2D eigenvalue weighted by molar-refractivity contribution is 0.415. The van der Waals surface area contributed by atoms with E-state index in [4.69, 9.17) is 10.5 Å². The number of benzene rings is 1. The van der Waals surface area contributed by atoms with Gasteiger partial charge in [0.2, 0.25) is 5.82 Å². The average molecular weight is 213 g/mol. The maximum atomic E-state index is 5.82. The van der Waals surface area contributed by atoms with Crippen LogP contribution >= 0.6 is 0 Å². The van der Waals surface area contributed by atoms with Crippen molar-refractivity contribution < 1.29 is 4.74 Å². The zero-order chi connectivity index (χ0) is 11.5. The van der Waals surface area contributed by atoms with Crippen molar-refractivity contribution in [3.05, 3.63) is 24.0 Å². The maximum Gasteiger partial charge on any atom is 0.207 e. The molecular formula is C12H11N3O. The minimum Gasteiger partial charge on any atom is -0.497 e. The summed E-state index contributed by atoms with van der Waals surface area (Å²) in [5.41, 5.74) is 6.56. The van der Waals surface area contributed by atoms with Gasteiger partial charge in [0.05, 0.1) is 12.6 Å². The number of ether oxygens (including phenoxy) is 1. The molecule has 0 aliphatic carbocycles. The fourth-order valence-electron chi connectivity index (χ4n) is 1.43. The van der Waals surface area contributed by atoms with Crippen molar-refractivity contribution in [3.8, 4) is 17.6 Å². The molecule has 0 amide bonds. The molecule has 1 heterocycles. The Morgan fingerprint density at radius 3 is 2.81 bits per heavy atom. The summed E-state index contributed by atoms with van der Waals surface area (Å²) in [6.07, 6.45) is 0. The first-order valence-corrected chi connectivity index (χ1v) is 4.78. The third-order valence-corrected chi connectivity index (χ3v) is 2.17. The average Bonchev–Trinajstić information content (AvgIpc) is 2.28. The fourth-order valence-corrected chi connectivity index (χ4v) is 1.43. The van der Waals surface area contributed by atoms with Crippen LogP contribution in [0.5, 0.6) is 5.75 Å². The zero-order valence-electron chi connectivity index (χ0n) is 9.11. The molecule has 0 spiro atoms. The highest BCUT2D eigenvalue weighted by Gasteiger charge is 2.04. The number of aromatic nitrogens is 2. The first kappa shape index (κ1) is 10.2. The van der Waals surface area contributed by atoms with Gasteiger partial charge in [-0.3, -0.25) is 0 Å². The molecule has 0 aliphatic heterocycles. The second-order valence-corrected chi connectivity index (χ2v) is 3.19. The van der Waals surface area contributed by atoms with Gasteiger partial charge in [-0.2, -0.15) is 0 Å². The SMILES string of the molecule is CC#Cc1nc(N)c2ccc(OC)cc2n1. The Morgan fingerprint density at radius 1 is 1.31 bits per heavy atom. The van der Waals surface area contributed by atoms with Crippen LogP contribution in [0.3, 0.4) is 0 Å². The van der Waals surface area contributed by atoms with Crippen LogP contribution in [-0.4, -0.2) is 17.1 Å². The predicted octanol–water partition coefficient (Wildman–Crippen LogP) is 1.59. The van der Waals surface area contributed by atoms with Crippen LogP contribution in [0.1, 0.15) is 12.7 Å². The molecule has 0 atom stereocenters. The molecule has 0 saturated carbocycles. The summed E-state index contributed by atoms with van der Waals surface area (Å²) in [4.78, 5) is 8.39. The smallest absolute Gasteiger partial charge is 0.207 e. The third kappa shape index (κ3) is 1.75. The summed E-state index contributed by atoms with van der Waals surface area (Å²) in [6, 6.07) is 5.48. The molecule has 0 bridgehead atoms. The van der Waals surface area contributed by atoms with Crippen molar-refractivity contribution in [2.45, 2.75) is 6.92 Å². The Labute approximate surface area is 93.5 Å². The van der Waals surface area contributed by atoms with Crippen LogP contribution < -0.4 is 10.5 Å². The van der Waals surface area contributed by atoms with Crippen LogP contribution in [-0.2, 0) is 0 Å². The lowest BCUT2D eigenvalue weighted by Crippen LogP contribution is -1.98. The van der Waals surface area contributed by atoms with Crippen LogP contribution in [0, 0.1) is 11.8 Å². The minimum absolute atomic E-state index is 0.431. The van der Waals surface area contributed by atoms with Crippen LogP contribution in [0.2, 0.25) is 0 Å². The number of hydrogen-bond acceptors (Lipinski definition) is 4. The summed E-state index contributed by atoms with van der Waals surface area (Å²) in [6.45, 7) is 1.73. The van der Waals surface area contributed by atoms with Gasteiger partial charge in [-0.15, -0.1) is 0 Å². The zero-order valence-corrected chi connectivity index (χ0v) is 9.11. The summed E-state index contributed by atoms with van der Waals surface area (Å²) >= 11 is 0. The van der Waals surface area contributed by atoms with Crippen molar-refractivity contribution in [2.24, 2.45) is 0 Å². The van der Waals surface area contributed by atoms with E-state index in [0.717, 1.165) is 16.7 Å². The number of nitrogen functional groups attached to an aromatic ring is 1. The van der Waals surface area contributed by atoms with Gasteiger partial charge in [-0.05, 0) is 25.0 Å². The first-order valence-electron chi connectivity index (χ1n) is 4.78. The lowest BCUT2D eigenvalue weighted by Gasteiger charge is -2.04. The Kier molecular flexibility index (Phi) is 2.61.